The first-order valence-electron chi connectivity index (χ1n) is 6.80. The van der Waals surface area contributed by atoms with Crippen molar-refractivity contribution in [1.29, 1.82) is 5.26 Å². The van der Waals surface area contributed by atoms with Gasteiger partial charge in [0.1, 0.15) is 11.8 Å². The van der Waals surface area contributed by atoms with Gasteiger partial charge >= 0.3 is 0 Å². The number of hydrogen-bond donors (Lipinski definition) is 2. The van der Waals surface area contributed by atoms with Gasteiger partial charge in [-0.15, -0.1) is 5.10 Å². The number of H-pyrrole nitrogens is 1. The van der Waals surface area contributed by atoms with Gasteiger partial charge < -0.3 is 10.5 Å². The van der Waals surface area contributed by atoms with Gasteiger partial charge in [-0.25, -0.2) is 0 Å². The molecule has 0 aromatic carbocycles. The molecular formula is C15H15N5O. The number of rotatable bonds is 3. The van der Waals surface area contributed by atoms with Crippen LogP contribution >= 0.6 is 0 Å². The summed E-state index contributed by atoms with van der Waals surface area (Å²) in [6.07, 6.45) is 5.24. The number of aromatic nitrogens is 3. The summed E-state index contributed by atoms with van der Waals surface area (Å²) in [6, 6.07) is 5.98. The first-order chi connectivity index (χ1) is 10.3. The predicted molar refractivity (Wildman–Crippen MR) is 76.1 cm³/mol. The molecule has 1 atom stereocenters. The summed E-state index contributed by atoms with van der Waals surface area (Å²) in [4.78, 5) is 4.17. The molecule has 0 saturated carbocycles. The van der Waals surface area contributed by atoms with Crippen molar-refractivity contribution >= 4 is 0 Å². The SMILES string of the molecule is CCCC1=C(N)Oc2n[nH]c(C#N)c2C1c1cccnc1. The van der Waals surface area contributed by atoms with Crippen LogP contribution in [0, 0.1) is 11.3 Å². The predicted octanol–water partition coefficient (Wildman–Crippen LogP) is 2.17. The van der Waals surface area contributed by atoms with Crippen LogP contribution in [-0.4, -0.2) is 15.2 Å². The Morgan fingerprint density at radius 1 is 1.52 bits per heavy atom. The standard InChI is InChI=1S/C15H15N5O/c1-2-4-10-12(9-5-3-6-18-8-9)13-11(7-16)19-20-15(13)21-14(10)17/h3,5-6,8,12H,2,4,17H2,1H3,(H,19,20). The number of hydrogen-bond acceptors (Lipinski definition) is 5. The molecule has 0 aliphatic carbocycles. The van der Waals surface area contributed by atoms with Crippen LogP contribution in [0.5, 0.6) is 5.88 Å². The maximum absolute atomic E-state index is 9.29. The molecule has 106 valence electrons. The quantitative estimate of drug-likeness (QED) is 0.897. The van der Waals surface area contributed by atoms with Gasteiger partial charge in [-0.1, -0.05) is 19.4 Å². The van der Waals surface area contributed by atoms with Crippen LogP contribution in [0.25, 0.3) is 0 Å². The second-order valence-electron chi connectivity index (χ2n) is 4.89. The third kappa shape index (κ3) is 2.13. The van der Waals surface area contributed by atoms with E-state index in [9.17, 15) is 5.26 Å². The summed E-state index contributed by atoms with van der Waals surface area (Å²) in [5.41, 5.74) is 9.15. The summed E-state index contributed by atoms with van der Waals surface area (Å²) in [5.74, 6) is 0.600. The lowest BCUT2D eigenvalue weighted by molar-refractivity contribution is 0.370. The minimum atomic E-state index is -0.143. The molecule has 0 saturated heterocycles. The molecule has 0 spiro atoms. The highest BCUT2D eigenvalue weighted by Crippen LogP contribution is 2.43. The lowest BCUT2D eigenvalue weighted by atomic mass is 9.82. The summed E-state index contributed by atoms with van der Waals surface area (Å²) in [5, 5.41) is 16.0. The smallest absolute Gasteiger partial charge is 0.245 e. The number of allylic oxidation sites excluding steroid dienone is 1. The Balaban J connectivity index is 2.21. The van der Waals surface area contributed by atoms with Crippen LogP contribution in [0.3, 0.4) is 0 Å². The Hall–Kier alpha value is -2.81. The zero-order valence-electron chi connectivity index (χ0n) is 11.6. The molecule has 1 unspecified atom stereocenters. The summed E-state index contributed by atoms with van der Waals surface area (Å²) in [6.45, 7) is 2.08. The van der Waals surface area contributed by atoms with E-state index in [1.54, 1.807) is 12.4 Å². The average molecular weight is 281 g/mol. The van der Waals surface area contributed by atoms with Gasteiger partial charge in [-0.2, -0.15) is 5.26 Å². The maximum Gasteiger partial charge on any atom is 0.245 e. The van der Waals surface area contributed by atoms with Gasteiger partial charge in [0.15, 0.2) is 5.88 Å². The van der Waals surface area contributed by atoms with E-state index in [1.165, 1.54) is 0 Å². The van der Waals surface area contributed by atoms with Gasteiger partial charge in [0.05, 0.1) is 5.56 Å². The molecule has 6 heteroatoms. The van der Waals surface area contributed by atoms with Crippen LogP contribution in [0.15, 0.2) is 36.0 Å². The molecule has 0 radical (unpaired) electrons. The average Bonchev–Trinajstić information content (AvgIpc) is 2.91. The van der Waals surface area contributed by atoms with Crippen molar-refractivity contribution in [3.63, 3.8) is 0 Å². The van der Waals surface area contributed by atoms with E-state index in [4.69, 9.17) is 10.5 Å². The summed E-state index contributed by atoms with van der Waals surface area (Å²) in [7, 11) is 0. The number of nitrogens with zero attached hydrogens (tertiary/aromatic N) is 3. The van der Waals surface area contributed by atoms with E-state index in [1.807, 2.05) is 12.1 Å². The van der Waals surface area contributed by atoms with Gasteiger partial charge in [-0.3, -0.25) is 10.1 Å². The minimum Gasteiger partial charge on any atom is -0.421 e. The van der Waals surface area contributed by atoms with Crippen molar-refractivity contribution < 1.29 is 4.74 Å². The van der Waals surface area contributed by atoms with Gasteiger partial charge in [0, 0.05) is 23.9 Å². The maximum atomic E-state index is 9.29. The van der Waals surface area contributed by atoms with Crippen molar-refractivity contribution in [2.75, 3.05) is 0 Å². The first kappa shape index (κ1) is 13.2. The number of ether oxygens (including phenoxy) is 1. The Kier molecular flexibility index (Phi) is 3.32. The third-order valence-corrected chi connectivity index (χ3v) is 3.58. The fourth-order valence-corrected chi connectivity index (χ4v) is 2.70. The minimum absolute atomic E-state index is 0.143. The van der Waals surface area contributed by atoms with E-state index >= 15 is 0 Å². The molecule has 3 heterocycles. The lowest BCUT2D eigenvalue weighted by Crippen LogP contribution is -2.21. The van der Waals surface area contributed by atoms with E-state index in [-0.39, 0.29) is 5.92 Å². The highest BCUT2D eigenvalue weighted by molar-refractivity contribution is 5.53. The van der Waals surface area contributed by atoms with E-state index in [0.29, 0.717) is 17.5 Å². The van der Waals surface area contributed by atoms with E-state index in [0.717, 1.165) is 29.5 Å². The first-order valence-corrected chi connectivity index (χ1v) is 6.80. The molecule has 3 rings (SSSR count). The number of pyridine rings is 1. The largest absolute Gasteiger partial charge is 0.421 e. The Bertz CT molecular complexity index is 726. The molecule has 21 heavy (non-hydrogen) atoms. The molecule has 2 aromatic heterocycles. The van der Waals surface area contributed by atoms with Crippen molar-refractivity contribution in [2.45, 2.75) is 25.7 Å². The molecule has 0 bridgehead atoms. The highest BCUT2D eigenvalue weighted by atomic mass is 16.5. The zero-order valence-corrected chi connectivity index (χ0v) is 11.6. The van der Waals surface area contributed by atoms with Gasteiger partial charge in [0.25, 0.3) is 0 Å². The van der Waals surface area contributed by atoms with Gasteiger partial charge in [-0.05, 0) is 18.1 Å². The van der Waals surface area contributed by atoms with Crippen LogP contribution in [-0.2, 0) is 0 Å². The zero-order chi connectivity index (χ0) is 14.8. The highest BCUT2D eigenvalue weighted by Gasteiger charge is 2.34. The summed E-state index contributed by atoms with van der Waals surface area (Å²) < 4.78 is 5.57. The molecule has 0 amide bonds. The van der Waals surface area contributed by atoms with Crippen LogP contribution in [0.2, 0.25) is 0 Å². The Labute approximate surface area is 122 Å². The monoisotopic (exact) mass is 281 g/mol. The van der Waals surface area contributed by atoms with Crippen molar-refractivity contribution in [2.24, 2.45) is 5.73 Å². The van der Waals surface area contributed by atoms with Crippen LogP contribution < -0.4 is 10.5 Å². The number of nitrogens with two attached hydrogens (primary N) is 1. The molecule has 6 nitrogen and oxygen atoms in total. The fourth-order valence-electron chi connectivity index (χ4n) is 2.70. The second-order valence-corrected chi connectivity index (χ2v) is 4.89. The molecule has 3 N–H and O–H groups in total. The van der Waals surface area contributed by atoms with Crippen molar-refractivity contribution in [3.05, 3.63) is 52.8 Å². The molecule has 0 fully saturated rings. The van der Waals surface area contributed by atoms with Crippen LogP contribution in [0.1, 0.15) is 42.5 Å². The van der Waals surface area contributed by atoms with Crippen molar-refractivity contribution in [3.8, 4) is 11.9 Å². The third-order valence-electron chi connectivity index (χ3n) is 3.58. The molecule has 1 aliphatic heterocycles. The topological polar surface area (TPSA) is 101 Å². The Morgan fingerprint density at radius 2 is 2.38 bits per heavy atom. The van der Waals surface area contributed by atoms with Crippen molar-refractivity contribution in [1.82, 2.24) is 15.2 Å². The van der Waals surface area contributed by atoms with Crippen LogP contribution in [0.4, 0.5) is 0 Å². The number of nitrogens with one attached hydrogen (secondary N) is 1. The van der Waals surface area contributed by atoms with E-state index in [2.05, 4.69) is 28.2 Å². The fraction of sp³-hybridized carbons (Fsp3) is 0.267. The molecule has 1 aliphatic rings. The van der Waals surface area contributed by atoms with E-state index < -0.39 is 0 Å². The normalized spacial score (nSPS) is 17.0. The number of nitriles is 1. The molecular weight excluding hydrogens is 266 g/mol. The van der Waals surface area contributed by atoms with Gasteiger partial charge in [0.2, 0.25) is 5.88 Å². The summed E-state index contributed by atoms with van der Waals surface area (Å²) >= 11 is 0. The molecule has 2 aromatic rings. The number of aromatic amines is 1. The Morgan fingerprint density at radius 3 is 3.05 bits per heavy atom. The number of fused-ring (bicyclic) bond motifs is 1. The second kappa shape index (κ2) is 5.29. The lowest BCUT2D eigenvalue weighted by Gasteiger charge is -2.26.